The third kappa shape index (κ3) is 5.97. The zero-order valence-electron chi connectivity index (χ0n) is 20.8. The first-order chi connectivity index (χ1) is 17.9. The number of benzene rings is 2. The van der Waals surface area contributed by atoms with Crippen LogP contribution in [0.5, 0.6) is 0 Å². The molecule has 1 aromatic heterocycles. The van der Waals surface area contributed by atoms with E-state index in [4.69, 9.17) is 10.2 Å². The third-order valence-corrected chi connectivity index (χ3v) is 10.8. The number of anilines is 1. The summed E-state index contributed by atoms with van der Waals surface area (Å²) in [6, 6.07) is 7.86. The summed E-state index contributed by atoms with van der Waals surface area (Å²) in [6.45, 7) is 2.60. The molecule has 1 atom stereocenters. The highest BCUT2D eigenvalue weighted by Gasteiger charge is 2.39. The molecule has 2 heterocycles. The maximum absolute atomic E-state index is 13.2. The Hall–Kier alpha value is -2.95. The van der Waals surface area contributed by atoms with Gasteiger partial charge in [0.2, 0.25) is 17.7 Å². The first-order valence-electron chi connectivity index (χ1n) is 11.2. The van der Waals surface area contributed by atoms with Crippen molar-refractivity contribution in [1.82, 2.24) is 10.2 Å². The van der Waals surface area contributed by atoms with Crippen molar-refractivity contribution in [2.75, 3.05) is 16.9 Å². The molecule has 0 spiro atoms. The molecule has 4 rings (SSSR count). The molecule has 16 heteroatoms. The van der Waals surface area contributed by atoms with E-state index in [9.17, 15) is 34.8 Å². The van der Waals surface area contributed by atoms with Gasteiger partial charge in [-0.05, 0) is 61.5 Å². The van der Waals surface area contributed by atoms with Crippen LogP contribution in [-0.4, -0.2) is 56.5 Å². The molecule has 2 N–H and O–H groups in total. The number of carbonyl (C=O) groups excluding carboxylic acids is 1. The minimum atomic E-state index is -4.47. The van der Waals surface area contributed by atoms with Crippen LogP contribution in [0, 0.1) is 0 Å². The van der Waals surface area contributed by atoms with Gasteiger partial charge in [-0.15, -0.1) is 10.2 Å². The number of nitrogens with zero attached hydrogens (tertiary/aromatic N) is 3. The number of thioether (sulfide) groups is 1. The first-order valence-corrected chi connectivity index (χ1v) is 15.6. The number of hydrogen-bond acceptors (Lipinski definition) is 10. The highest BCUT2D eigenvalue weighted by atomic mass is 32.2. The predicted octanol–water partition coefficient (Wildman–Crippen LogP) is 3.28. The second-order valence-electron chi connectivity index (χ2n) is 9.38. The molecule has 0 radical (unpaired) electrons. The van der Waals surface area contributed by atoms with Crippen LogP contribution in [0.4, 0.5) is 18.9 Å². The lowest BCUT2D eigenvalue weighted by Gasteiger charge is -2.24. The van der Waals surface area contributed by atoms with Crippen LogP contribution in [0.25, 0.3) is 11.5 Å². The maximum Gasteiger partial charge on any atom is 0.446 e. The summed E-state index contributed by atoms with van der Waals surface area (Å²) >= 11 is -0.288. The van der Waals surface area contributed by atoms with Gasteiger partial charge in [0.25, 0.3) is 0 Å². The molecule has 10 nitrogen and oxygen atoms in total. The summed E-state index contributed by atoms with van der Waals surface area (Å²) in [5.74, 6) is -1.67. The molecule has 0 saturated heterocycles. The summed E-state index contributed by atoms with van der Waals surface area (Å²) in [5.41, 5.74) is 2.04. The fourth-order valence-electron chi connectivity index (χ4n) is 3.72. The summed E-state index contributed by atoms with van der Waals surface area (Å²) in [4.78, 5) is 14.1. The monoisotopic (exact) mass is 604 g/mol. The highest BCUT2D eigenvalue weighted by Crippen LogP contribution is 2.38. The minimum absolute atomic E-state index is 0.0404. The predicted molar refractivity (Wildman–Crippen MR) is 137 cm³/mol. The molecule has 210 valence electrons. The molecule has 1 aliphatic rings. The molecule has 2 aromatic carbocycles. The van der Waals surface area contributed by atoms with E-state index < -0.39 is 47.6 Å². The van der Waals surface area contributed by atoms with Gasteiger partial charge >= 0.3 is 5.51 Å². The van der Waals surface area contributed by atoms with Gasteiger partial charge in [-0.2, -0.15) is 13.2 Å². The van der Waals surface area contributed by atoms with Crippen molar-refractivity contribution in [3.63, 3.8) is 0 Å². The second kappa shape index (κ2) is 9.91. The molecule has 0 saturated carbocycles. The van der Waals surface area contributed by atoms with E-state index in [1.54, 1.807) is 0 Å². The fourth-order valence-corrected chi connectivity index (χ4v) is 6.22. The minimum Gasteiger partial charge on any atom is -0.419 e. The van der Waals surface area contributed by atoms with Crippen molar-refractivity contribution in [3.8, 4) is 11.5 Å². The summed E-state index contributed by atoms with van der Waals surface area (Å²) in [6.07, 6.45) is 1.02. The zero-order valence-corrected chi connectivity index (χ0v) is 23.2. The SMILES string of the molecule is CC(C)(c1nnc(-c2ccc3c(c2)N(Cc2ccc(SC(F)(F)F)cc2)C(=O)[C@@H](N)CS3(=O)=O)o1)S(C)(=O)=O. The van der Waals surface area contributed by atoms with Crippen LogP contribution in [0.3, 0.4) is 0 Å². The standard InChI is InChI=1S/C23H23F3N4O6S3/c1-22(2,38(3,32)33)21-29-28-19(36-21)14-6-9-18-17(10-14)30(20(31)16(27)12-39(18,34)35)11-13-4-7-15(8-5-13)37-23(24,25)26/h4-10,16H,11-12,27H2,1-3H3/t16-/m0/s1. The van der Waals surface area contributed by atoms with Gasteiger partial charge in [0, 0.05) is 16.7 Å². The molecule has 1 aliphatic heterocycles. The Kier molecular flexibility index (Phi) is 7.38. The van der Waals surface area contributed by atoms with Gasteiger partial charge in [0.15, 0.2) is 19.7 Å². The number of aromatic nitrogens is 2. The average molecular weight is 605 g/mol. The zero-order chi connectivity index (χ0) is 29.0. The largest absolute Gasteiger partial charge is 0.446 e. The van der Waals surface area contributed by atoms with Crippen molar-refractivity contribution >= 4 is 43.0 Å². The Morgan fingerprint density at radius 1 is 1.13 bits per heavy atom. The fraction of sp³-hybridized carbons (Fsp3) is 0.348. The molecule has 39 heavy (non-hydrogen) atoms. The van der Waals surface area contributed by atoms with Crippen LogP contribution in [0.2, 0.25) is 0 Å². The lowest BCUT2D eigenvalue weighted by Crippen LogP contribution is -2.45. The summed E-state index contributed by atoms with van der Waals surface area (Å²) in [7, 11) is -7.65. The van der Waals surface area contributed by atoms with Crippen molar-refractivity contribution in [2.24, 2.45) is 5.73 Å². The van der Waals surface area contributed by atoms with E-state index in [-0.39, 0.29) is 51.1 Å². The van der Waals surface area contributed by atoms with Gasteiger partial charge in [-0.25, -0.2) is 16.8 Å². The van der Waals surface area contributed by atoms with Gasteiger partial charge in [-0.3, -0.25) is 4.79 Å². The number of fused-ring (bicyclic) bond motifs is 1. The molecule has 0 bridgehead atoms. The number of halogens is 3. The summed E-state index contributed by atoms with van der Waals surface area (Å²) < 4.78 is 92.6. The molecule has 1 amide bonds. The van der Waals surface area contributed by atoms with Crippen LogP contribution in [-0.2, 0) is 35.8 Å². The van der Waals surface area contributed by atoms with Gasteiger partial charge < -0.3 is 15.1 Å². The van der Waals surface area contributed by atoms with Gasteiger partial charge in [-0.1, -0.05) is 12.1 Å². The maximum atomic E-state index is 13.2. The molecule has 0 aliphatic carbocycles. The topological polar surface area (TPSA) is 154 Å². The van der Waals surface area contributed by atoms with E-state index in [1.165, 1.54) is 56.3 Å². The number of sulfone groups is 2. The van der Waals surface area contributed by atoms with E-state index in [0.717, 1.165) is 11.2 Å². The van der Waals surface area contributed by atoms with Crippen LogP contribution < -0.4 is 10.6 Å². The van der Waals surface area contributed by atoms with Gasteiger partial charge in [0.05, 0.1) is 28.9 Å². The quantitative estimate of drug-likeness (QED) is 0.415. The molecule has 3 aromatic rings. The van der Waals surface area contributed by atoms with Crippen LogP contribution in [0.1, 0.15) is 25.3 Å². The number of carbonyl (C=O) groups is 1. The molecular weight excluding hydrogens is 581 g/mol. The molecule has 0 fully saturated rings. The first kappa shape index (κ1) is 29.0. The van der Waals surface area contributed by atoms with E-state index in [1.807, 2.05) is 0 Å². The van der Waals surface area contributed by atoms with Crippen molar-refractivity contribution in [1.29, 1.82) is 0 Å². The van der Waals surface area contributed by atoms with Gasteiger partial charge in [0.1, 0.15) is 4.75 Å². The van der Waals surface area contributed by atoms with Crippen molar-refractivity contribution in [2.45, 2.75) is 46.5 Å². The number of amides is 1. The number of alkyl halides is 3. The second-order valence-corrected chi connectivity index (χ2v) is 15.1. The molecule has 0 unspecified atom stereocenters. The van der Waals surface area contributed by atoms with Crippen LogP contribution in [0.15, 0.2) is 56.7 Å². The third-order valence-electron chi connectivity index (χ3n) is 6.18. The lowest BCUT2D eigenvalue weighted by molar-refractivity contribution is -0.119. The summed E-state index contributed by atoms with van der Waals surface area (Å²) in [5, 5.41) is 7.74. The number of hydrogen-bond donors (Lipinski definition) is 1. The number of rotatable bonds is 6. The molecular formula is C23H23F3N4O6S3. The highest BCUT2D eigenvalue weighted by molar-refractivity contribution is 8.00. The van der Waals surface area contributed by atoms with E-state index >= 15 is 0 Å². The van der Waals surface area contributed by atoms with Crippen molar-refractivity contribution in [3.05, 3.63) is 53.9 Å². The van der Waals surface area contributed by atoms with Crippen LogP contribution >= 0.6 is 11.8 Å². The lowest BCUT2D eigenvalue weighted by atomic mass is 10.1. The number of nitrogens with two attached hydrogens (primary N) is 1. The average Bonchev–Trinajstić information content (AvgIpc) is 3.30. The Morgan fingerprint density at radius 3 is 2.36 bits per heavy atom. The van der Waals surface area contributed by atoms with Crippen molar-refractivity contribution < 1.29 is 39.2 Å². The Morgan fingerprint density at radius 2 is 1.77 bits per heavy atom. The Balaban J connectivity index is 1.77. The Bertz CT molecular complexity index is 1640. The smallest absolute Gasteiger partial charge is 0.419 e. The normalized spacial score (nSPS) is 18.1. The van der Waals surface area contributed by atoms with E-state index in [2.05, 4.69) is 10.2 Å². The van der Waals surface area contributed by atoms with E-state index in [0.29, 0.717) is 5.56 Å². The Labute approximate surface area is 226 Å².